The Labute approximate surface area is 145 Å². The van der Waals surface area contributed by atoms with Gasteiger partial charge >= 0.3 is 0 Å². The molecule has 0 N–H and O–H groups in total. The zero-order valence-electron chi connectivity index (χ0n) is 13.0. The fourth-order valence-corrected chi connectivity index (χ4v) is 5.82. The molecule has 0 saturated carbocycles. The topological polar surface area (TPSA) is 53.5 Å². The summed E-state index contributed by atoms with van der Waals surface area (Å²) in [6.45, 7) is 6.01. The van der Waals surface area contributed by atoms with Gasteiger partial charge in [0.2, 0.25) is 0 Å². The zero-order valence-corrected chi connectivity index (χ0v) is 15.4. The highest BCUT2D eigenvalue weighted by molar-refractivity contribution is 7.91. The molecule has 0 aromatic carbocycles. The van der Waals surface area contributed by atoms with Crippen molar-refractivity contribution in [1.29, 1.82) is 0 Å². The molecule has 23 heavy (non-hydrogen) atoms. The lowest BCUT2D eigenvalue weighted by Crippen LogP contribution is -2.48. The molecule has 1 saturated heterocycles. The molecule has 0 atom stereocenters. The second-order valence-electron chi connectivity index (χ2n) is 5.60. The molecule has 0 aliphatic carbocycles. The molecule has 8 heteroatoms. The second kappa shape index (κ2) is 6.39. The van der Waals surface area contributed by atoms with E-state index in [4.69, 9.17) is 11.6 Å². The SMILES string of the molecule is Cc1ccnc(N2CCN(S(=O)(=O)c3cc(C)c(Cl)s3)CC2)c1. The summed E-state index contributed by atoms with van der Waals surface area (Å²) in [7, 11) is -3.46. The number of piperazine rings is 1. The van der Waals surface area contributed by atoms with Crippen molar-refractivity contribution in [2.75, 3.05) is 31.1 Å². The predicted octanol–water partition coefficient (Wildman–Crippen LogP) is 2.92. The molecule has 0 amide bonds. The van der Waals surface area contributed by atoms with E-state index in [1.165, 1.54) is 4.31 Å². The Morgan fingerprint density at radius 1 is 1.17 bits per heavy atom. The number of thiophene rings is 1. The smallest absolute Gasteiger partial charge is 0.252 e. The molecule has 0 radical (unpaired) electrons. The first-order valence-corrected chi connectivity index (χ1v) is 9.95. The Morgan fingerprint density at radius 3 is 2.43 bits per heavy atom. The maximum absolute atomic E-state index is 12.7. The average Bonchev–Trinajstić information content (AvgIpc) is 2.88. The minimum absolute atomic E-state index is 0.321. The van der Waals surface area contributed by atoms with E-state index in [9.17, 15) is 8.42 Å². The molecule has 1 aliphatic heterocycles. The number of aryl methyl sites for hydroxylation is 2. The molecule has 3 rings (SSSR count). The number of anilines is 1. The lowest BCUT2D eigenvalue weighted by molar-refractivity contribution is 0.385. The van der Waals surface area contributed by atoms with Gasteiger partial charge in [0, 0.05) is 32.4 Å². The molecule has 5 nitrogen and oxygen atoms in total. The monoisotopic (exact) mass is 371 g/mol. The van der Waals surface area contributed by atoms with Gasteiger partial charge in [-0.15, -0.1) is 11.3 Å². The normalized spacial score (nSPS) is 16.7. The van der Waals surface area contributed by atoms with Crippen LogP contribution in [-0.2, 0) is 10.0 Å². The summed E-state index contributed by atoms with van der Waals surface area (Å²) in [5.74, 6) is 0.900. The fourth-order valence-electron chi connectivity index (χ4n) is 2.54. The molecule has 3 heterocycles. The number of nitrogens with zero attached hydrogens (tertiary/aromatic N) is 3. The minimum atomic E-state index is -3.46. The number of sulfonamides is 1. The number of hydrogen-bond donors (Lipinski definition) is 0. The van der Waals surface area contributed by atoms with E-state index in [2.05, 4.69) is 9.88 Å². The van der Waals surface area contributed by atoms with Crippen LogP contribution >= 0.6 is 22.9 Å². The first-order valence-electron chi connectivity index (χ1n) is 7.31. The van der Waals surface area contributed by atoms with E-state index in [0.717, 1.165) is 28.3 Å². The number of pyridine rings is 1. The summed E-state index contributed by atoms with van der Waals surface area (Å²) in [6, 6.07) is 5.62. The molecule has 0 bridgehead atoms. The zero-order chi connectivity index (χ0) is 16.6. The Hall–Kier alpha value is -1.15. The summed E-state index contributed by atoms with van der Waals surface area (Å²) in [6.07, 6.45) is 1.78. The average molecular weight is 372 g/mol. The predicted molar refractivity (Wildman–Crippen MR) is 94.0 cm³/mol. The largest absolute Gasteiger partial charge is 0.354 e. The van der Waals surface area contributed by atoms with Crippen LogP contribution in [0.15, 0.2) is 28.6 Å². The van der Waals surface area contributed by atoms with Crippen LogP contribution in [0.2, 0.25) is 4.34 Å². The number of halogens is 1. The van der Waals surface area contributed by atoms with Gasteiger partial charge in [0.25, 0.3) is 10.0 Å². The van der Waals surface area contributed by atoms with Crippen molar-refractivity contribution >= 4 is 38.8 Å². The minimum Gasteiger partial charge on any atom is -0.354 e. The molecule has 1 fully saturated rings. The van der Waals surface area contributed by atoms with Gasteiger partial charge in [-0.05, 0) is 43.2 Å². The standard InChI is InChI=1S/C15H18ClN3O2S2/c1-11-3-4-17-13(9-11)18-5-7-19(8-6-18)23(20,21)14-10-12(2)15(16)22-14/h3-4,9-10H,5-8H2,1-2H3. The van der Waals surface area contributed by atoms with E-state index in [1.807, 2.05) is 26.0 Å². The quantitative estimate of drug-likeness (QED) is 0.832. The lowest BCUT2D eigenvalue weighted by atomic mass is 10.2. The summed E-state index contributed by atoms with van der Waals surface area (Å²) in [4.78, 5) is 6.48. The highest BCUT2D eigenvalue weighted by Crippen LogP contribution is 2.32. The van der Waals surface area contributed by atoms with Crippen molar-refractivity contribution in [3.05, 3.63) is 39.9 Å². The molecule has 2 aromatic rings. The van der Waals surface area contributed by atoms with Crippen molar-refractivity contribution in [3.8, 4) is 0 Å². The first kappa shape index (κ1) is 16.7. The second-order valence-corrected chi connectivity index (χ2v) is 9.42. The number of rotatable bonds is 3. The maximum atomic E-state index is 12.7. The van der Waals surface area contributed by atoms with E-state index < -0.39 is 10.0 Å². The molecule has 1 aliphatic rings. The summed E-state index contributed by atoms with van der Waals surface area (Å²) in [5, 5.41) is 0. The first-order chi connectivity index (χ1) is 10.9. The van der Waals surface area contributed by atoms with Crippen LogP contribution in [0.5, 0.6) is 0 Å². The van der Waals surface area contributed by atoms with Crippen LogP contribution in [0.3, 0.4) is 0 Å². The van der Waals surface area contributed by atoms with Gasteiger partial charge in [0.1, 0.15) is 10.0 Å². The summed E-state index contributed by atoms with van der Waals surface area (Å²) < 4.78 is 27.8. The molecular weight excluding hydrogens is 354 g/mol. The van der Waals surface area contributed by atoms with Crippen LogP contribution in [-0.4, -0.2) is 43.9 Å². The van der Waals surface area contributed by atoms with Crippen LogP contribution < -0.4 is 4.90 Å². The molecule has 2 aromatic heterocycles. The van der Waals surface area contributed by atoms with Crippen LogP contribution in [0, 0.1) is 13.8 Å². The molecule has 0 unspecified atom stereocenters. The summed E-state index contributed by atoms with van der Waals surface area (Å²) >= 11 is 7.14. The molecular formula is C15H18ClN3O2S2. The Balaban J connectivity index is 1.73. The number of aromatic nitrogens is 1. The highest BCUT2D eigenvalue weighted by atomic mass is 35.5. The van der Waals surface area contributed by atoms with Gasteiger partial charge in [-0.1, -0.05) is 11.6 Å². The lowest BCUT2D eigenvalue weighted by Gasteiger charge is -2.34. The van der Waals surface area contributed by atoms with E-state index in [1.54, 1.807) is 12.3 Å². The van der Waals surface area contributed by atoms with E-state index in [-0.39, 0.29) is 0 Å². The number of hydrogen-bond acceptors (Lipinski definition) is 5. The third kappa shape index (κ3) is 3.38. The highest BCUT2D eigenvalue weighted by Gasteiger charge is 2.30. The van der Waals surface area contributed by atoms with Gasteiger partial charge in [-0.2, -0.15) is 4.31 Å². The van der Waals surface area contributed by atoms with Crippen molar-refractivity contribution in [3.63, 3.8) is 0 Å². The van der Waals surface area contributed by atoms with Gasteiger partial charge < -0.3 is 4.90 Å². The van der Waals surface area contributed by atoms with Crippen molar-refractivity contribution in [2.45, 2.75) is 18.1 Å². The van der Waals surface area contributed by atoms with Gasteiger partial charge in [-0.3, -0.25) is 0 Å². The van der Waals surface area contributed by atoms with Crippen molar-refractivity contribution in [2.24, 2.45) is 0 Å². The van der Waals surface area contributed by atoms with E-state index >= 15 is 0 Å². The van der Waals surface area contributed by atoms with Crippen molar-refractivity contribution < 1.29 is 8.42 Å². The van der Waals surface area contributed by atoms with Crippen LogP contribution in [0.1, 0.15) is 11.1 Å². The Morgan fingerprint density at radius 2 is 1.87 bits per heavy atom. The summed E-state index contributed by atoms with van der Waals surface area (Å²) in [5.41, 5.74) is 1.95. The fraction of sp³-hybridized carbons (Fsp3) is 0.400. The van der Waals surface area contributed by atoms with Crippen LogP contribution in [0.25, 0.3) is 0 Å². The van der Waals surface area contributed by atoms with Gasteiger partial charge in [0.05, 0.1) is 4.34 Å². The van der Waals surface area contributed by atoms with Gasteiger partial charge in [0.15, 0.2) is 0 Å². The third-order valence-electron chi connectivity index (χ3n) is 3.89. The Bertz CT molecular complexity index is 792. The van der Waals surface area contributed by atoms with Gasteiger partial charge in [-0.25, -0.2) is 13.4 Å². The third-order valence-corrected chi connectivity index (χ3v) is 7.80. The Kier molecular flexibility index (Phi) is 4.64. The maximum Gasteiger partial charge on any atom is 0.252 e. The van der Waals surface area contributed by atoms with Crippen molar-refractivity contribution in [1.82, 2.24) is 9.29 Å². The van der Waals surface area contributed by atoms with E-state index in [0.29, 0.717) is 34.7 Å². The molecule has 124 valence electrons. The molecule has 0 spiro atoms. The van der Waals surface area contributed by atoms with Crippen LogP contribution in [0.4, 0.5) is 5.82 Å².